The first kappa shape index (κ1) is 51.9. The molecule has 2 aromatic carbocycles. The lowest BCUT2D eigenvalue weighted by molar-refractivity contribution is -0.274. The molecule has 19 nitrogen and oxygen atoms in total. The number of aromatic nitrogens is 4. The molecule has 10 rings (SSSR count). The number of piperidine rings is 2. The zero-order valence-electron chi connectivity index (χ0n) is 40.5. The lowest BCUT2D eigenvalue weighted by Gasteiger charge is -2.40. The Morgan fingerprint density at radius 1 is 0.618 bits per heavy atom. The molecule has 6 aromatic rings. The Morgan fingerprint density at radius 3 is 1.55 bits per heavy atom. The molecule has 10 N–H and O–H groups in total. The maximum absolute atomic E-state index is 14.0. The van der Waals surface area contributed by atoms with E-state index in [1.165, 1.54) is 18.3 Å². The summed E-state index contributed by atoms with van der Waals surface area (Å²) in [6.07, 6.45) is 3.82. The Morgan fingerprint density at radius 2 is 1.09 bits per heavy atom. The van der Waals surface area contributed by atoms with Crippen LogP contribution in [0.15, 0.2) is 111 Å². The van der Waals surface area contributed by atoms with Crippen LogP contribution in [0.25, 0.3) is 22.5 Å². The summed E-state index contributed by atoms with van der Waals surface area (Å²) in [5.74, 6) is -3.76. The van der Waals surface area contributed by atoms with Crippen LogP contribution in [0.3, 0.4) is 0 Å². The number of benzene rings is 2. The van der Waals surface area contributed by atoms with Crippen LogP contribution in [0.4, 0.5) is 40.6 Å². The number of nitrogens with zero attached hydrogens (tertiary/aromatic N) is 2. The van der Waals surface area contributed by atoms with Gasteiger partial charge in [0, 0.05) is 94.4 Å². The Hall–Kier alpha value is -8.96. The second kappa shape index (κ2) is 21.5. The van der Waals surface area contributed by atoms with Gasteiger partial charge in [-0.05, 0) is 124 Å². The number of hydrogen-bond acceptors (Lipinski definition) is 11. The van der Waals surface area contributed by atoms with Gasteiger partial charge in [0.1, 0.15) is 17.5 Å². The molecule has 8 heterocycles. The second-order valence-corrected chi connectivity index (χ2v) is 18.5. The summed E-state index contributed by atoms with van der Waals surface area (Å²) in [6, 6.07) is 17.2. The predicted molar refractivity (Wildman–Crippen MR) is 273 cm³/mol. The van der Waals surface area contributed by atoms with Gasteiger partial charge in [-0.3, -0.25) is 28.8 Å². The van der Waals surface area contributed by atoms with Crippen LogP contribution in [-0.2, 0) is 20.4 Å². The van der Waals surface area contributed by atoms with Crippen LogP contribution in [0.2, 0.25) is 0 Å². The summed E-state index contributed by atoms with van der Waals surface area (Å²) in [6.45, 7) is 11.1. The highest BCUT2D eigenvalue weighted by atomic mass is 19.4. The standard InChI is InChI=1S/C27H25F3N6O4.C26H25FN6O3/c1-2-22(37)34-19-10-16(4-5-20(19)40-27(28,29)30)24(38)36-21-11-15(6-9-32-21)18-12-17-23(35-18)26(14-33-25(17)39)7-3-8-31-13-26;1-2-22(34)31-20-10-16(4-5-18(20)27)24(35)33-21-11-15(6-9-29-21)19-12-17-23(32-19)26(14-30-25(17)36)7-3-8-28-13-26/h2,4-6,9-12,31,35H,1,3,7-8,13-14H2,(H,33,39)(H,34,37)(H,32,36,38);2,4-6,9-12,28,32H,1,3,7-8,13-14H2,(H,30,36)(H,31,34)(H,29,33,35). The molecule has 4 aromatic heterocycles. The molecule has 0 bridgehead atoms. The number of ether oxygens (including phenoxy) is 1. The molecule has 0 saturated carbocycles. The van der Waals surface area contributed by atoms with Gasteiger partial charge in [0.25, 0.3) is 23.6 Å². The van der Waals surface area contributed by atoms with Gasteiger partial charge >= 0.3 is 6.36 Å². The first-order chi connectivity index (χ1) is 36.4. The number of anilines is 4. The topological polar surface area (TPSA) is 265 Å². The van der Waals surface area contributed by atoms with Gasteiger partial charge in [-0.1, -0.05) is 13.2 Å². The Balaban J connectivity index is 0.000000187. The van der Waals surface area contributed by atoms with Crippen molar-refractivity contribution in [3.05, 3.63) is 150 Å². The van der Waals surface area contributed by atoms with Crippen molar-refractivity contribution in [3.8, 4) is 28.3 Å². The summed E-state index contributed by atoms with van der Waals surface area (Å²) in [7, 11) is 0. The molecule has 6 amide bonds. The van der Waals surface area contributed by atoms with E-state index in [-0.39, 0.29) is 56.8 Å². The van der Waals surface area contributed by atoms with Gasteiger partial charge in [-0.25, -0.2) is 14.4 Å². The van der Waals surface area contributed by atoms with Gasteiger partial charge in [0.2, 0.25) is 11.8 Å². The summed E-state index contributed by atoms with van der Waals surface area (Å²) < 4.78 is 56.4. The Bertz CT molecular complexity index is 3300. The number of carbonyl (C=O) groups excluding carboxylic acids is 6. The van der Waals surface area contributed by atoms with E-state index in [1.54, 1.807) is 36.5 Å². The maximum atomic E-state index is 14.0. The minimum Gasteiger partial charge on any atom is -0.404 e. The average molecular weight is 1040 g/mol. The largest absolute Gasteiger partial charge is 0.573 e. The van der Waals surface area contributed by atoms with Crippen LogP contribution in [0.1, 0.15) is 78.5 Å². The molecule has 0 radical (unpaired) electrons. The van der Waals surface area contributed by atoms with E-state index in [2.05, 4.69) is 80.4 Å². The molecule has 76 heavy (non-hydrogen) atoms. The fourth-order valence-corrected chi connectivity index (χ4v) is 9.77. The van der Waals surface area contributed by atoms with Crippen LogP contribution in [0, 0.1) is 5.82 Å². The van der Waals surface area contributed by atoms with Crippen molar-refractivity contribution >= 4 is 58.5 Å². The summed E-state index contributed by atoms with van der Waals surface area (Å²) in [4.78, 5) is 89.5. The number of aromatic amines is 2. The third-order valence-corrected chi connectivity index (χ3v) is 13.5. The van der Waals surface area contributed by atoms with E-state index in [4.69, 9.17) is 0 Å². The molecule has 4 aliphatic rings. The summed E-state index contributed by atoms with van der Waals surface area (Å²) in [5, 5.41) is 22.7. The molecule has 2 unspecified atom stereocenters. The average Bonchev–Trinajstić information content (AvgIpc) is 4.17. The van der Waals surface area contributed by atoms with Crippen molar-refractivity contribution in [2.24, 2.45) is 0 Å². The molecule has 2 spiro atoms. The molecule has 2 atom stereocenters. The van der Waals surface area contributed by atoms with E-state index < -0.39 is 41.6 Å². The first-order valence-corrected chi connectivity index (χ1v) is 24.0. The number of halogens is 4. The fourth-order valence-electron chi connectivity index (χ4n) is 9.77. The molecule has 0 aliphatic carbocycles. The highest BCUT2D eigenvalue weighted by molar-refractivity contribution is 6.07. The quantitative estimate of drug-likeness (QED) is 0.0484. The summed E-state index contributed by atoms with van der Waals surface area (Å²) in [5.41, 5.74) is 5.02. The number of pyridine rings is 2. The molecular weight excluding hydrogens is 993 g/mol. The highest BCUT2D eigenvalue weighted by Gasteiger charge is 2.44. The second-order valence-electron chi connectivity index (χ2n) is 18.5. The third-order valence-electron chi connectivity index (χ3n) is 13.5. The fraction of sp³-hybridized carbons (Fsp3) is 0.245. The van der Waals surface area contributed by atoms with Gasteiger partial charge < -0.3 is 57.2 Å². The SMILES string of the molecule is C=CC(=O)Nc1cc(C(=O)Nc2cc(-c3cc4c([nH]3)C3(CCCNC3)CNC4=O)ccn2)ccc1F.C=CC(=O)Nc1cc(C(=O)Nc2cc(-c3cc4c([nH]3)C3(CCCNC3)CNC4=O)ccn2)ccc1OC(F)(F)F. The van der Waals surface area contributed by atoms with E-state index in [9.17, 15) is 46.3 Å². The van der Waals surface area contributed by atoms with E-state index in [1.807, 2.05) is 6.07 Å². The smallest absolute Gasteiger partial charge is 0.404 e. The predicted octanol–water partition coefficient (Wildman–Crippen LogP) is 6.67. The molecule has 4 aliphatic heterocycles. The van der Waals surface area contributed by atoms with Crippen molar-refractivity contribution in [1.82, 2.24) is 41.2 Å². The van der Waals surface area contributed by atoms with E-state index in [0.29, 0.717) is 35.5 Å². The molecule has 23 heteroatoms. The van der Waals surface area contributed by atoms with Gasteiger partial charge in [0.15, 0.2) is 5.75 Å². The lowest BCUT2D eigenvalue weighted by atomic mass is 9.74. The third kappa shape index (κ3) is 11.2. The maximum Gasteiger partial charge on any atom is 0.573 e. The van der Waals surface area contributed by atoms with Gasteiger partial charge in [-0.2, -0.15) is 0 Å². The lowest BCUT2D eigenvalue weighted by Crippen LogP contribution is -2.54. The minimum atomic E-state index is -5.01. The molecular formula is C53H50F4N12O7. The van der Waals surface area contributed by atoms with Crippen LogP contribution >= 0.6 is 0 Å². The Labute approximate surface area is 431 Å². The Kier molecular flexibility index (Phi) is 14.7. The number of amides is 6. The normalized spacial score (nSPS) is 18.6. The van der Waals surface area contributed by atoms with Gasteiger partial charge in [-0.15, -0.1) is 13.2 Å². The highest BCUT2D eigenvalue weighted by Crippen LogP contribution is 2.40. The van der Waals surface area contributed by atoms with Crippen LogP contribution in [-0.4, -0.2) is 101 Å². The van der Waals surface area contributed by atoms with Crippen molar-refractivity contribution in [3.63, 3.8) is 0 Å². The zero-order chi connectivity index (χ0) is 53.8. The van der Waals surface area contributed by atoms with E-state index in [0.717, 1.165) is 111 Å². The minimum absolute atomic E-state index is 0.0557. The number of alkyl halides is 3. The number of rotatable bonds is 11. The van der Waals surface area contributed by atoms with Crippen LogP contribution < -0.4 is 47.3 Å². The van der Waals surface area contributed by atoms with Crippen molar-refractivity contribution < 1.29 is 51.1 Å². The zero-order valence-corrected chi connectivity index (χ0v) is 40.5. The van der Waals surface area contributed by atoms with E-state index >= 15 is 0 Å². The number of hydrogen-bond donors (Lipinski definition) is 10. The first-order valence-electron chi connectivity index (χ1n) is 24.0. The number of H-pyrrole nitrogens is 2. The number of fused-ring (bicyclic) bond motifs is 4. The molecule has 2 saturated heterocycles. The number of nitrogens with one attached hydrogen (secondary N) is 10. The van der Waals surface area contributed by atoms with Crippen LogP contribution in [0.5, 0.6) is 5.75 Å². The monoisotopic (exact) mass is 1040 g/mol. The summed E-state index contributed by atoms with van der Waals surface area (Å²) >= 11 is 0. The molecule has 392 valence electrons. The van der Waals surface area contributed by atoms with Crippen molar-refractivity contribution in [2.45, 2.75) is 42.9 Å². The van der Waals surface area contributed by atoms with Crippen molar-refractivity contribution in [2.75, 3.05) is 60.5 Å². The number of carbonyl (C=O) groups is 6. The van der Waals surface area contributed by atoms with Crippen molar-refractivity contribution in [1.29, 1.82) is 0 Å². The van der Waals surface area contributed by atoms with Gasteiger partial charge in [0.05, 0.1) is 22.5 Å². The molecule has 2 fully saturated rings.